The van der Waals surface area contributed by atoms with Crippen molar-refractivity contribution in [3.63, 3.8) is 0 Å². The Morgan fingerprint density at radius 2 is 2.06 bits per heavy atom. The molecule has 2 heterocycles. The summed E-state index contributed by atoms with van der Waals surface area (Å²) in [5, 5.41) is 5.52. The number of nitrogens with one attached hydrogen (secondary N) is 1. The van der Waals surface area contributed by atoms with Crippen molar-refractivity contribution in [3.8, 4) is 5.75 Å². The van der Waals surface area contributed by atoms with Gasteiger partial charge in [-0.3, -0.25) is 4.90 Å². The van der Waals surface area contributed by atoms with Gasteiger partial charge in [0.15, 0.2) is 5.13 Å². The van der Waals surface area contributed by atoms with Crippen LogP contribution in [0.3, 0.4) is 0 Å². The van der Waals surface area contributed by atoms with E-state index in [-0.39, 0.29) is 17.9 Å². The van der Waals surface area contributed by atoms with Gasteiger partial charge in [-0.1, -0.05) is 19.8 Å². The molecule has 3 N–H and O–H groups in total. The van der Waals surface area contributed by atoms with Crippen LogP contribution in [0.2, 0.25) is 0 Å². The van der Waals surface area contributed by atoms with Crippen LogP contribution in [-0.4, -0.2) is 35.1 Å². The largest absolute Gasteiger partial charge is 0.493 e. The van der Waals surface area contributed by atoms with Gasteiger partial charge in [0.2, 0.25) is 0 Å². The molecule has 1 fully saturated rings. The maximum atomic E-state index is 13.6. The Kier molecular flexibility index (Phi) is 8.06. The molecule has 178 valence electrons. The number of likely N-dealkylation sites (tertiary alicyclic amines) is 1. The third kappa shape index (κ3) is 6.83. The van der Waals surface area contributed by atoms with E-state index in [0.29, 0.717) is 23.3 Å². The van der Waals surface area contributed by atoms with Crippen molar-refractivity contribution < 1.29 is 17.9 Å². The average molecular weight is 471 g/mol. The van der Waals surface area contributed by atoms with E-state index in [9.17, 15) is 13.2 Å². The summed E-state index contributed by atoms with van der Waals surface area (Å²) in [4.78, 5) is 6.89. The molecule has 0 amide bonds. The molecule has 1 aromatic carbocycles. The second-order valence-corrected chi connectivity index (χ2v) is 9.93. The number of nitrogens with zero attached hydrogens (tertiary/aromatic N) is 2. The highest BCUT2D eigenvalue weighted by molar-refractivity contribution is 7.13. The lowest BCUT2D eigenvalue weighted by Crippen LogP contribution is -2.42. The van der Waals surface area contributed by atoms with E-state index in [1.54, 1.807) is 6.07 Å². The quantitative estimate of drug-likeness (QED) is 0.415. The van der Waals surface area contributed by atoms with E-state index >= 15 is 0 Å². The SMILES string of the molecule is CCCCCOc1ccc(Nc2nc(CN3CCC(C(C)(C)N)C3)cs2)cc1C(F)(F)F. The molecular weight excluding hydrogens is 437 g/mol. The van der Waals surface area contributed by atoms with Crippen LogP contribution in [0.15, 0.2) is 23.6 Å². The summed E-state index contributed by atoms with van der Waals surface area (Å²) in [6.45, 7) is 9.04. The summed E-state index contributed by atoms with van der Waals surface area (Å²) in [6, 6.07) is 4.06. The molecule has 0 saturated carbocycles. The molecule has 0 spiro atoms. The predicted molar refractivity (Wildman–Crippen MR) is 124 cm³/mol. The number of thiazole rings is 1. The summed E-state index contributed by atoms with van der Waals surface area (Å²) >= 11 is 1.38. The van der Waals surface area contributed by atoms with Crippen LogP contribution in [0.5, 0.6) is 5.75 Å². The zero-order valence-corrected chi connectivity index (χ0v) is 19.8. The van der Waals surface area contributed by atoms with Crippen molar-refractivity contribution in [2.75, 3.05) is 25.0 Å². The first-order valence-corrected chi connectivity index (χ1v) is 12.0. The Hall–Kier alpha value is -1.84. The van der Waals surface area contributed by atoms with E-state index in [2.05, 4.69) is 29.0 Å². The number of nitrogens with two attached hydrogens (primary N) is 1. The molecule has 1 aliphatic heterocycles. The van der Waals surface area contributed by atoms with Gasteiger partial charge in [0.1, 0.15) is 5.75 Å². The molecule has 1 atom stereocenters. The number of anilines is 2. The third-order valence-electron chi connectivity index (χ3n) is 5.80. The Labute approximate surface area is 192 Å². The highest BCUT2D eigenvalue weighted by Gasteiger charge is 2.35. The molecule has 1 saturated heterocycles. The van der Waals surface area contributed by atoms with Crippen molar-refractivity contribution in [3.05, 3.63) is 34.8 Å². The van der Waals surface area contributed by atoms with Gasteiger partial charge in [-0.2, -0.15) is 13.2 Å². The van der Waals surface area contributed by atoms with Crippen molar-refractivity contribution >= 4 is 22.2 Å². The highest BCUT2D eigenvalue weighted by atomic mass is 32.1. The Bertz CT molecular complexity index is 879. The average Bonchev–Trinajstić information content (AvgIpc) is 3.35. The fourth-order valence-electron chi connectivity index (χ4n) is 3.86. The molecule has 2 aromatic rings. The molecule has 1 unspecified atom stereocenters. The minimum Gasteiger partial charge on any atom is -0.493 e. The minimum atomic E-state index is -4.49. The summed E-state index contributed by atoms with van der Waals surface area (Å²) in [6.07, 6.45) is -0.788. The van der Waals surface area contributed by atoms with E-state index in [0.717, 1.165) is 50.5 Å². The van der Waals surface area contributed by atoms with Crippen LogP contribution in [0.4, 0.5) is 24.0 Å². The first-order chi connectivity index (χ1) is 15.1. The lowest BCUT2D eigenvalue weighted by molar-refractivity contribution is -0.138. The summed E-state index contributed by atoms with van der Waals surface area (Å²) in [7, 11) is 0. The van der Waals surface area contributed by atoms with Crippen LogP contribution >= 0.6 is 11.3 Å². The number of alkyl halides is 3. The van der Waals surface area contributed by atoms with Gasteiger partial charge in [-0.05, 0) is 57.4 Å². The van der Waals surface area contributed by atoms with Gasteiger partial charge in [-0.25, -0.2) is 4.98 Å². The fourth-order valence-corrected chi connectivity index (χ4v) is 4.58. The lowest BCUT2D eigenvalue weighted by atomic mass is 9.88. The van der Waals surface area contributed by atoms with Crippen LogP contribution in [0.1, 0.15) is 57.7 Å². The standard InChI is InChI=1S/C23H33F3N4OS/c1-4-5-6-11-31-20-8-7-17(12-19(20)23(24,25)26)28-21-29-18(15-32-21)14-30-10-9-16(13-30)22(2,3)27/h7-8,12,15-16H,4-6,9-11,13-14,27H2,1-3H3,(H,28,29). The van der Waals surface area contributed by atoms with Gasteiger partial charge in [0.25, 0.3) is 0 Å². The zero-order valence-electron chi connectivity index (χ0n) is 19.0. The van der Waals surface area contributed by atoms with E-state index in [1.807, 2.05) is 12.3 Å². The molecule has 1 aliphatic rings. The van der Waals surface area contributed by atoms with Crippen LogP contribution in [0, 0.1) is 5.92 Å². The van der Waals surface area contributed by atoms with E-state index in [4.69, 9.17) is 10.5 Å². The minimum absolute atomic E-state index is 0.134. The lowest BCUT2D eigenvalue weighted by Gasteiger charge is -2.26. The van der Waals surface area contributed by atoms with Gasteiger partial charge in [0.05, 0.1) is 17.9 Å². The van der Waals surface area contributed by atoms with Gasteiger partial charge in [0, 0.05) is 29.7 Å². The number of rotatable bonds is 10. The predicted octanol–water partition coefficient (Wildman–Crippen LogP) is 6.03. The molecule has 0 radical (unpaired) electrons. The van der Waals surface area contributed by atoms with Crippen LogP contribution in [-0.2, 0) is 12.7 Å². The molecule has 0 bridgehead atoms. The molecule has 1 aromatic heterocycles. The number of unbranched alkanes of at least 4 members (excludes halogenated alkanes) is 2. The van der Waals surface area contributed by atoms with Crippen LogP contribution in [0.25, 0.3) is 0 Å². The van der Waals surface area contributed by atoms with E-state index in [1.165, 1.54) is 17.4 Å². The Balaban J connectivity index is 1.63. The van der Waals surface area contributed by atoms with Gasteiger partial charge in [-0.15, -0.1) is 11.3 Å². The molecule has 32 heavy (non-hydrogen) atoms. The normalized spacial score (nSPS) is 17.7. The van der Waals surface area contributed by atoms with Crippen molar-refractivity contribution in [1.82, 2.24) is 9.88 Å². The Morgan fingerprint density at radius 3 is 2.72 bits per heavy atom. The monoisotopic (exact) mass is 470 g/mol. The van der Waals surface area contributed by atoms with Gasteiger partial charge >= 0.3 is 6.18 Å². The smallest absolute Gasteiger partial charge is 0.420 e. The number of halogens is 3. The summed E-state index contributed by atoms with van der Waals surface area (Å²) in [5.41, 5.74) is 6.50. The fraction of sp³-hybridized carbons (Fsp3) is 0.609. The maximum absolute atomic E-state index is 13.6. The highest BCUT2D eigenvalue weighted by Crippen LogP contribution is 2.39. The van der Waals surface area contributed by atoms with Crippen molar-refractivity contribution in [1.29, 1.82) is 0 Å². The topological polar surface area (TPSA) is 63.4 Å². The number of benzene rings is 1. The van der Waals surface area contributed by atoms with Crippen molar-refractivity contribution in [2.24, 2.45) is 11.7 Å². The molecule has 9 heteroatoms. The summed E-state index contributed by atoms with van der Waals surface area (Å²) in [5.74, 6) is 0.313. The number of aromatic nitrogens is 1. The van der Waals surface area contributed by atoms with Gasteiger partial charge < -0.3 is 15.8 Å². The number of hydrogen-bond donors (Lipinski definition) is 2. The first-order valence-electron chi connectivity index (χ1n) is 11.1. The summed E-state index contributed by atoms with van der Waals surface area (Å²) < 4.78 is 46.1. The second kappa shape index (κ2) is 10.4. The maximum Gasteiger partial charge on any atom is 0.420 e. The molecule has 5 nitrogen and oxygen atoms in total. The van der Waals surface area contributed by atoms with Crippen LogP contribution < -0.4 is 15.8 Å². The van der Waals surface area contributed by atoms with E-state index < -0.39 is 11.7 Å². The number of hydrogen-bond acceptors (Lipinski definition) is 6. The molecule has 3 rings (SSSR count). The number of ether oxygens (including phenoxy) is 1. The molecule has 0 aliphatic carbocycles. The first kappa shape index (κ1) is 24.8. The third-order valence-corrected chi connectivity index (χ3v) is 6.61. The van der Waals surface area contributed by atoms with Crippen molar-refractivity contribution in [2.45, 2.75) is 64.7 Å². The second-order valence-electron chi connectivity index (χ2n) is 9.08. The molecular formula is C23H33F3N4OS. The Morgan fingerprint density at radius 1 is 1.28 bits per heavy atom. The zero-order chi connectivity index (χ0) is 23.4.